The van der Waals surface area contributed by atoms with Crippen LogP contribution in [-0.4, -0.2) is 52.6 Å². The van der Waals surface area contributed by atoms with Crippen LogP contribution in [-0.2, 0) is 28.4 Å². The van der Waals surface area contributed by atoms with E-state index in [1.54, 1.807) is 21.0 Å². The second-order valence-electron chi connectivity index (χ2n) is 9.12. The molecule has 2 amide bonds. The molecule has 0 radical (unpaired) electrons. The molecule has 1 saturated carbocycles. The molecule has 1 aliphatic rings. The fraction of sp³-hybridized carbons (Fsp3) is 0.360. The van der Waals surface area contributed by atoms with E-state index in [4.69, 9.17) is 20.9 Å². The molecule has 4 rings (SSSR count). The maximum absolute atomic E-state index is 13.4. The minimum atomic E-state index is -0.676. The van der Waals surface area contributed by atoms with Crippen LogP contribution in [0.4, 0.5) is 4.79 Å². The van der Waals surface area contributed by atoms with Crippen LogP contribution < -0.4 is 5.73 Å². The fourth-order valence-electron chi connectivity index (χ4n) is 4.34. The molecule has 0 unspecified atom stereocenters. The van der Waals surface area contributed by atoms with Crippen molar-refractivity contribution in [2.24, 2.45) is 12.8 Å². The number of hydrogen-bond donors (Lipinski definition) is 2. The van der Waals surface area contributed by atoms with Crippen molar-refractivity contribution in [1.82, 2.24) is 9.55 Å². The molecule has 0 saturated heterocycles. The predicted molar refractivity (Wildman–Crippen MR) is 133 cm³/mol. The average molecular weight is 485 g/mol. The number of rotatable bonds is 6. The van der Waals surface area contributed by atoms with Gasteiger partial charge in [-0.1, -0.05) is 30.3 Å². The zero-order valence-electron chi connectivity index (χ0n) is 19.9. The Labute approximate surface area is 205 Å². The number of imide groups is 1. The summed E-state index contributed by atoms with van der Waals surface area (Å²) in [6, 6.07) is 13.5. The highest BCUT2D eigenvalue weighted by Crippen LogP contribution is 2.51. The number of amides is 2. The Kier molecular flexibility index (Phi) is 6.87. The summed E-state index contributed by atoms with van der Waals surface area (Å²) in [5.41, 5.74) is 9.33. The number of amidine groups is 1. The van der Waals surface area contributed by atoms with E-state index in [0.29, 0.717) is 24.8 Å². The fourth-order valence-corrected chi connectivity index (χ4v) is 4.34. The molecule has 1 aromatic heterocycles. The lowest BCUT2D eigenvalue weighted by molar-refractivity contribution is -0.740. The van der Waals surface area contributed by atoms with Crippen LogP contribution in [0, 0.1) is 5.41 Å². The van der Waals surface area contributed by atoms with Gasteiger partial charge in [0.25, 0.3) is 0 Å². The molecule has 2 aromatic carbocycles. The Morgan fingerprint density at radius 2 is 1.82 bits per heavy atom. The number of fused-ring (bicyclic) bond motifs is 1. The Balaban J connectivity index is 0.00000324. The highest BCUT2D eigenvalue weighted by atomic mass is 35.5. The number of nitrogen functional groups attached to an aromatic ring is 1. The number of hydrogen-bond acceptors (Lipinski definition) is 5. The second kappa shape index (κ2) is 9.19. The van der Waals surface area contributed by atoms with Gasteiger partial charge in [0.2, 0.25) is 0 Å². The van der Waals surface area contributed by atoms with Gasteiger partial charge in [-0.25, -0.2) is 9.78 Å². The first kappa shape index (κ1) is 25.4. The number of nitrogens with one attached hydrogen (secondary N) is 1. The summed E-state index contributed by atoms with van der Waals surface area (Å²) in [6.45, 7) is 1.97. The van der Waals surface area contributed by atoms with Crippen molar-refractivity contribution >= 4 is 41.3 Å². The maximum atomic E-state index is 13.4. The molecule has 180 valence electrons. The van der Waals surface area contributed by atoms with Crippen molar-refractivity contribution in [1.29, 1.82) is 5.41 Å². The summed E-state index contributed by atoms with van der Waals surface area (Å²) < 4.78 is 6.75. The minimum Gasteiger partial charge on any atom is -0.420 e. The van der Waals surface area contributed by atoms with Crippen LogP contribution in [0.25, 0.3) is 11.0 Å². The van der Waals surface area contributed by atoms with Gasteiger partial charge in [-0.2, -0.15) is 9.28 Å². The molecule has 0 bridgehead atoms. The summed E-state index contributed by atoms with van der Waals surface area (Å²) in [5.74, 6) is 0.795. The smallest absolute Gasteiger partial charge is 0.420 e. The molecule has 0 spiro atoms. The molecule has 3 aromatic rings. The molecule has 1 aliphatic carbocycles. The van der Waals surface area contributed by atoms with E-state index in [-0.39, 0.29) is 30.8 Å². The van der Waals surface area contributed by atoms with E-state index in [9.17, 15) is 9.59 Å². The van der Waals surface area contributed by atoms with Gasteiger partial charge in [0, 0.05) is 19.0 Å². The molecule has 9 heteroatoms. The minimum absolute atomic E-state index is 0. The third-order valence-corrected chi connectivity index (χ3v) is 6.54. The van der Waals surface area contributed by atoms with Gasteiger partial charge >= 0.3 is 12.0 Å². The van der Waals surface area contributed by atoms with Gasteiger partial charge in [0.15, 0.2) is 0 Å². The van der Waals surface area contributed by atoms with Gasteiger partial charge in [-0.05, 0) is 43.0 Å². The van der Waals surface area contributed by atoms with Crippen molar-refractivity contribution < 1.29 is 18.8 Å². The standard InChI is InChI=1S/C25H30N5O3.ClH/c1-5-33-24(32)30(3,4)23(31)25(12-13-25)18-10-11-20-19(15-18)28-21(29(20)2)14-16-6-8-17(9-7-16)22(26)27;/h6-11,15H,5,12-14H2,1-4H3,(H3,26,27);1H/q+1;. The van der Waals surface area contributed by atoms with Crippen molar-refractivity contribution in [3.05, 3.63) is 65.0 Å². The molecular formula is C25H31ClN5O3+. The number of carbonyl (C=O) groups is 2. The maximum Gasteiger partial charge on any atom is 0.523 e. The van der Waals surface area contributed by atoms with Crippen LogP contribution in [0.5, 0.6) is 0 Å². The number of ether oxygens (including phenoxy) is 1. The first-order chi connectivity index (χ1) is 15.6. The average Bonchev–Trinajstić information content (AvgIpc) is 3.54. The molecule has 1 fully saturated rings. The topological polar surface area (TPSA) is 111 Å². The summed E-state index contributed by atoms with van der Waals surface area (Å²) in [6.07, 6.45) is 1.52. The van der Waals surface area contributed by atoms with Crippen molar-refractivity contribution in [3.63, 3.8) is 0 Å². The van der Waals surface area contributed by atoms with Crippen molar-refractivity contribution in [2.45, 2.75) is 31.6 Å². The number of carbonyl (C=O) groups excluding carboxylic acids is 2. The zero-order chi connectivity index (χ0) is 24.0. The number of imidazole rings is 1. The Morgan fingerprint density at radius 1 is 1.18 bits per heavy atom. The first-order valence-corrected chi connectivity index (χ1v) is 11.1. The van der Waals surface area contributed by atoms with E-state index >= 15 is 0 Å². The Morgan fingerprint density at radius 3 is 2.38 bits per heavy atom. The number of quaternary nitrogens is 1. The molecule has 8 nitrogen and oxygen atoms in total. The molecule has 1 heterocycles. The number of benzene rings is 2. The third kappa shape index (κ3) is 4.31. The first-order valence-electron chi connectivity index (χ1n) is 11.1. The summed E-state index contributed by atoms with van der Waals surface area (Å²) in [7, 11) is 5.16. The number of nitrogens with two attached hydrogens (primary N) is 1. The van der Waals surface area contributed by atoms with Gasteiger partial charge < -0.3 is 15.0 Å². The molecular weight excluding hydrogens is 454 g/mol. The zero-order valence-corrected chi connectivity index (χ0v) is 20.7. The van der Waals surface area contributed by atoms with Gasteiger partial charge in [0.1, 0.15) is 17.1 Å². The Hall–Kier alpha value is -3.23. The van der Waals surface area contributed by atoms with Gasteiger partial charge in [0.05, 0.1) is 31.7 Å². The number of nitrogens with zero attached hydrogens (tertiary/aromatic N) is 3. The van der Waals surface area contributed by atoms with Gasteiger partial charge in [-0.15, -0.1) is 12.4 Å². The molecule has 3 N–H and O–H groups in total. The Bertz CT molecular complexity index is 1260. The van der Waals surface area contributed by atoms with E-state index in [1.807, 2.05) is 49.5 Å². The monoisotopic (exact) mass is 484 g/mol. The predicted octanol–water partition coefficient (Wildman–Crippen LogP) is 3.66. The van der Waals surface area contributed by atoms with Gasteiger partial charge in [-0.3, -0.25) is 5.41 Å². The normalized spacial score (nSPS) is 14.4. The number of likely N-dealkylation sites (N-methyl/N-ethyl adjacent to an activating group) is 1. The van der Waals surface area contributed by atoms with E-state index in [1.165, 1.54) is 0 Å². The largest absolute Gasteiger partial charge is 0.523 e. The lowest BCUT2D eigenvalue weighted by atomic mass is 9.93. The number of aromatic nitrogens is 2. The van der Waals surface area contributed by atoms with Crippen molar-refractivity contribution in [3.8, 4) is 0 Å². The number of aryl methyl sites for hydroxylation is 1. The SMILES string of the molecule is CCOC(=O)[N+](C)(C)C(=O)C1(c2ccc3c(c2)nc(Cc2ccc(C(=N)N)cc2)n3C)CC1.Cl. The quantitative estimate of drug-likeness (QED) is 0.315. The second-order valence-corrected chi connectivity index (χ2v) is 9.12. The number of halogens is 1. The summed E-state index contributed by atoms with van der Waals surface area (Å²) >= 11 is 0. The van der Waals surface area contributed by atoms with Crippen LogP contribution in [0.3, 0.4) is 0 Å². The van der Waals surface area contributed by atoms with Crippen LogP contribution in [0.15, 0.2) is 42.5 Å². The van der Waals surface area contributed by atoms with E-state index in [2.05, 4.69) is 4.57 Å². The highest BCUT2D eigenvalue weighted by molar-refractivity contribution is 5.95. The lowest BCUT2D eigenvalue weighted by Crippen LogP contribution is -2.55. The summed E-state index contributed by atoms with van der Waals surface area (Å²) in [4.78, 5) is 30.7. The van der Waals surface area contributed by atoms with E-state index in [0.717, 1.165) is 28.0 Å². The summed E-state index contributed by atoms with van der Waals surface area (Å²) in [5, 5.41) is 7.53. The van der Waals surface area contributed by atoms with E-state index < -0.39 is 16.0 Å². The van der Waals surface area contributed by atoms with Crippen molar-refractivity contribution in [2.75, 3.05) is 20.7 Å². The lowest BCUT2D eigenvalue weighted by Gasteiger charge is -2.27. The molecule has 0 atom stereocenters. The van der Waals surface area contributed by atoms with Crippen LogP contribution in [0.2, 0.25) is 0 Å². The third-order valence-electron chi connectivity index (χ3n) is 6.54. The molecule has 0 aliphatic heterocycles. The highest BCUT2D eigenvalue weighted by Gasteiger charge is 2.60. The van der Waals surface area contributed by atoms with Crippen LogP contribution in [0.1, 0.15) is 42.3 Å². The molecule has 34 heavy (non-hydrogen) atoms. The van der Waals surface area contributed by atoms with Crippen LogP contribution >= 0.6 is 12.4 Å².